The number of piperidine rings is 1. The molecule has 31 heavy (non-hydrogen) atoms. The van der Waals surface area contributed by atoms with Crippen molar-refractivity contribution in [1.82, 2.24) is 9.88 Å². The van der Waals surface area contributed by atoms with Gasteiger partial charge >= 0.3 is 0 Å². The highest BCUT2D eigenvalue weighted by Gasteiger charge is 2.33. The number of nitrogens with one attached hydrogen (secondary N) is 1. The average Bonchev–Trinajstić information content (AvgIpc) is 3.19. The minimum atomic E-state index is -0.0990. The third-order valence-electron chi connectivity index (χ3n) is 6.02. The number of rotatable bonds is 5. The Labute approximate surface area is 188 Å². The Hall–Kier alpha value is -2.73. The van der Waals surface area contributed by atoms with Gasteiger partial charge in [0.15, 0.2) is 0 Å². The number of likely N-dealkylation sites (tertiary alicyclic amines) is 1. The molecular formula is C24H28ClN5O. The maximum atomic E-state index is 13.8. The number of anilines is 1. The summed E-state index contributed by atoms with van der Waals surface area (Å²) in [6.45, 7) is 7.56. The van der Waals surface area contributed by atoms with Crippen LogP contribution in [0.15, 0.2) is 46.5 Å². The first-order valence-corrected chi connectivity index (χ1v) is 11.2. The van der Waals surface area contributed by atoms with Crippen LogP contribution in [0, 0.1) is 12.8 Å². The zero-order valence-corrected chi connectivity index (χ0v) is 18.9. The van der Waals surface area contributed by atoms with E-state index in [-0.39, 0.29) is 18.1 Å². The molecule has 3 atom stereocenters. The summed E-state index contributed by atoms with van der Waals surface area (Å²) in [5.41, 5.74) is 3.39. The van der Waals surface area contributed by atoms with E-state index in [1.54, 1.807) is 12.4 Å². The van der Waals surface area contributed by atoms with Gasteiger partial charge in [-0.15, -0.1) is 0 Å². The van der Waals surface area contributed by atoms with Gasteiger partial charge in [0.1, 0.15) is 12.0 Å². The van der Waals surface area contributed by atoms with E-state index in [2.05, 4.69) is 27.2 Å². The molecule has 2 aromatic rings. The molecular weight excluding hydrogens is 410 g/mol. The third-order valence-corrected chi connectivity index (χ3v) is 6.24. The molecule has 1 aromatic heterocycles. The lowest BCUT2D eigenvalue weighted by Crippen LogP contribution is -2.51. The van der Waals surface area contributed by atoms with Crippen molar-refractivity contribution >= 4 is 35.3 Å². The van der Waals surface area contributed by atoms with Gasteiger partial charge in [-0.1, -0.05) is 36.2 Å². The summed E-state index contributed by atoms with van der Waals surface area (Å²) in [7, 11) is 0. The van der Waals surface area contributed by atoms with Gasteiger partial charge in [0.25, 0.3) is 5.91 Å². The number of carbonyl (C=O) groups excluding carboxylic acids is 1. The maximum Gasteiger partial charge on any atom is 0.254 e. The largest absolute Gasteiger partial charge is 0.368 e. The van der Waals surface area contributed by atoms with Crippen LogP contribution < -0.4 is 5.32 Å². The molecule has 1 unspecified atom stereocenters. The van der Waals surface area contributed by atoms with E-state index < -0.39 is 0 Å². The number of hydrogen-bond acceptors (Lipinski definition) is 5. The monoisotopic (exact) mass is 437 g/mol. The Morgan fingerprint density at radius 1 is 1.26 bits per heavy atom. The lowest BCUT2D eigenvalue weighted by atomic mass is 9.89. The Bertz CT molecular complexity index is 1020. The first kappa shape index (κ1) is 21.5. The van der Waals surface area contributed by atoms with Crippen molar-refractivity contribution in [1.29, 1.82) is 0 Å². The van der Waals surface area contributed by atoms with E-state index in [0.717, 1.165) is 42.0 Å². The average molecular weight is 438 g/mol. The number of benzene rings is 1. The molecule has 162 valence electrons. The van der Waals surface area contributed by atoms with Crippen LogP contribution in [-0.4, -0.2) is 53.0 Å². The van der Waals surface area contributed by atoms with E-state index in [9.17, 15) is 4.79 Å². The number of nitrogens with zero attached hydrogens (tertiary/aromatic N) is 4. The van der Waals surface area contributed by atoms with Crippen molar-refractivity contribution in [3.8, 4) is 0 Å². The van der Waals surface area contributed by atoms with E-state index in [1.807, 2.05) is 49.1 Å². The molecule has 0 spiro atoms. The van der Waals surface area contributed by atoms with Gasteiger partial charge in [-0.25, -0.2) is 4.98 Å². The summed E-state index contributed by atoms with van der Waals surface area (Å²) >= 11 is 5.94. The fourth-order valence-electron chi connectivity index (χ4n) is 4.30. The van der Waals surface area contributed by atoms with E-state index in [4.69, 9.17) is 11.6 Å². The van der Waals surface area contributed by atoms with Crippen LogP contribution in [0.2, 0.25) is 5.02 Å². The number of aromatic nitrogens is 1. The van der Waals surface area contributed by atoms with Crippen LogP contribution in [-0.2, 0) is 0 Å². The zero-order valence-electron chi connectivity index (χ0n) is 18.2. The Kier molecular flexibility index (Phi) is 6.37. The summed E-state index contributed by atoms with van der Waals surface area (Å²) in [5.74, 6) is 1.20. The van der Waals surface area contributed by atoms with E-state index in [1.165, 1.54) is 0 Å². The molecule has 0 radical (unpaired) electrons. The van der Waals surface area contributed by atoms with Gasteiger partial charge in [-0.2, -0.15) is 0 Å². The van der Waals surface area contributed by atoms with Gasteiger partial charge < -0.3 is 10.2 Å². The molecule has 1 aromatic carbocycles. The van der Waals surface area contributed by atoms with Gasteiger partial charge in [-0.05, 0) is 50.8 Å². The summed E-state index contributed by atoms with van der Waals surface area (Å²) in [6, 6.07) is 9.74. The van der Waals surface area contributed by atoms with Crippen LogP contribution in [0.3, 0.4) is 0 Å². The molecule has 6 nitrogen and oxygen atoms in total. The predicted octanol–water partition coefficient (Wildman–Crippen LogP) is 4.62. The molecule has 3 heterocycles. The van der Waals surface area contributed by atoms with E-state index in [0.29, 0.717) is 23.0 Å². The normalized spacial score (nSPS) is 23.0. The number of pyridine rings is 1. The first-order valence-electron chi connectivity index (χ1n) is 10.8. The van der Waals surface area contributed by atoms with Crippen LogP contribution in [0.4, 0.5) is 5.82 Å². The molecule has 1 amide bonds. The zero-order chi connectivity index (χ0) is 22.0. The number of amides is 1. The second-order valence-corrected chi connectivity index (χ2v) is 8.84. The fraction of sp³-hybridized carbons (Fsp3) is 0.417. The standard InChI is InChI=1S/C24H28ClN5O/c1-15-6-8-19(21-13-26-17(3)29-21)20(11-15)24(31)30-10-4-5-16(2)22(30)14-28-23-9-7-18(25)12-27-23/h6-9,11-13,16-17,22H,4-5,10,14H2,1-3H3,(H,27,28)/t16-,17?,22-/m1/s1. The smallest absolute Gasteiger partial charge is 0.254 e. The molecule has 1 N–H and O–H groups in total. The number of halogens is 1. The highest BCUT2D eigenvalue weighted by molar-refractivity contribution is 6.40. The van der Waals surface area contributed by atoms with Gasteiger partial charge in [0.2, 0.25) is 0 Å². The van der Waals surface area contributed by atoms with Crippen molar-refractivity contribution in [3.05, 3.63) is 58.2 Å². The van der Waals surface area contributed by atoms with Crippen LogP contribution in [0.25, 0.3) is 0 Å². The van der Waals surface area contributed by atoms with Gasteiger partial charge in [0.05, 0.1) is 16.8 Å². The predicted molar refractivity (Wildman–Crippen MR) is 127 cm³/mol. The number of hydrogen-bond donors (Lipinski definition) is 1. The van der Waals surface area contributed by atoms with Crippen molar-refractivity contribution in [2.45, 2.75) is 45.8 Å². The van der Waals surface area contributed by atoms with Crippen LogP contribution >= 0.6 is 11.6 Å². The fourth-order valence-corrected chi connectivity index (χ4v) is 4.41. The van der Waals surface area contributed by atoms with Gasteiger partial charge in [0, 0.05) is 36.6 Å². The Morgan fingerprint density at radius 2 is 2.10 bits per heavy atom. The number of aliphatic imine (C=N–C) groups is 2. The Balaban J connectivity index is 1.60. The minimum Gasteiger partial charge on any atom is -0.368 e. The molecule has 1 saturated heterocycles. The summed E-state index contributed by atoms with van der Waals surface area (Å²) in [6.07, 6.45) is 5.40. The number of aryl methyl sites for hydroxylation is 1. The summed E-state index contributed by atoms with van der Waals surface area (Å²) < 4.78 is 0. The van der Waals surface area contributed by atoms with Crippen molar-refractivity contribution < 1.29 is 4.79 Å². The highest BCUT2D eigenvalue weighted by atomic mass is 35.5. The van der Waals surface area contributed by atoms with Gasteiger partial charge in [-0.3, -0.25) is 14.8 Å². The molecule has 2 aliphatic heterocycles. The molecule has 0 bridgehead atoms. The second-order valence-electron chi connectivity index (χ2n) is 8.40. The van der Waals surface area contributed by atoms with Crippen molar-refractivity contribution in [2.24, 2.45) is 15.9 Å². The maximum absolute atomic E-state index is 13.8. The summed E-state index contributed by atoms with van der Waals surface area (Å²) in [4.78, 5) is 29.1. The summed E-state index contributed by atoms with van der Waals surface area (Å²) in [5, 5.41) is 3.99. The van der Waals surface area contributed by atoms with Crippen molar-refractivity contribution in [3.63, 3.8) is 0 Å². The molecule has 1 fully saturated rings. The molecule has 7 heteroatoms. The molecule has 4 rings (SSSR count). The lowest BCUT2D eigenvalue weighted by Gasteiger charge is -2.40. The first-order chi connectivity index (χ1) is 14.9. The third kappa shape index (κ3) is 4.79. The molecule has 0 aliphatic carbocycles. The quantitative estimate of drug-likeness (QED) is 0.742. The minimum absolute atomic E-state index is 0.0526. The molecule has 2 aliphatic rings. The topological polar surface area (TPSA) is 70.0 Å². The Morgan fingerprint density at radius 3 is 2.81 bits per heavy atom. The van der Waals surface area contributed by atoms with Crippen LogP contribution in [0.1, 0.15) is 48.2 Å². The highest BCUT2D eigenvalue weighted by Crippen LogP contribution is 2.27. The van der Waals surface area contributed by atoms with Crippen molar-refractivity contribution in [2.75, 3.05) is 18.4 Å². The molecule has 0 saturated carbocycles. The lowest BCUT2D eigenvalue weighted by molar-refractivity contribution is 0.0540. The van der Waals surface area contributed by atoms with Crippen LogP contribution in [0.5, 0.6) is 0 Å². The SMILES string of the molecule is Cc1ccc(C2=NC(C)N=C2)c(C(=O)N2CCC[C@@H](C)[C@H]2CNc2ccc(Cl)cn2)c1. The second kappa shape index (κ2) is 9.18. The number of carbonyl (C=O) groups is 1. The van der Waals surface area contributed by atoms with E-state index >= 15 is 0 Å².